The Hall–Kier alpha value is -4.12. The number of ether oxygens (including phenoxy) is 1. The van der Waals surface area contributed by atoms with Crippen LogP contribution in [0.3, 0.4) is 0 Å². The standard InChI is InChI=1S/C34H34Cl2N6O8S2/c35-20-14-24-25(15-21(20)36)39-33(31(38-24)28-6-3-11-51-28)50-30-10-9-27(43)22(40-34(46)47)5-2-1-4-17-12-23(17)37-16-26-19(13-29(44)42(26)30)32(45)41-52(48,49)18-7-8-18/h3,6,11,14-16,18-19,22,26,30,40H,1-2,4-5,7-10,12-13H2,(H,41,45)(H,46,47)/t19-,22-,26+,30+/m0/s1. The highest BCUT2D eigenvalue weighted by atomic mass is 35.5. The molecule has 4 aliphatic rings. The van der Waals surface area contributed by atoms with Crippen molar-refractivity contribution >= 4 is 85.5 Å². The average Bonchev–Trinajstić information content (AvgIpc) is 4.00. The molecule has 274 valence electrons. The van der Waals surface area contributed by atoms with Crippen LogP contribution >= 0.6 is 34.5 Å². The van der Waals surface area contributed by atoms with Crippen LogP contribution in [0, 0.1) is 5.92 Å². The molecule has 2 aliphatic heterocycles. The van der Waals surface area contributed by atoms with Crippen LogP contribution in [0.15, 0.2) is 45.9 Å². The normalized spacial score (nSPS) is 24.2. The summed E-state index contributed by atoms with van der Waals surface area (Å²) in [7, 11) is -3.93. The molecular formula is C34H34Cl2N6O8S2. The number of allylic oxidation sites excluding steroid dienone is 2. The molecule has 0 spiro atoms. The van der Waals surface area contributed by atoms with Crippen LogP contribution in [0.4, 0.5) is 4.79 Å². The van der Waals surface area contributed by atoms with Gasteiger partial charge in [-0.3, -0.25) is 29.0 Å². The van der Waals surface area contributed by atoms with E-state index in [-0.39, 0.29) is 41.6 Å². The van der Waals surface area contributed by atoms with Crippen molar-refractivity contribution in [1.29, 1.82) is 0 Å². The molecule has 7 rings (SSSR count). The Bertz CT molecular complexity index is 2120. The number of hydrogen-bond donors (Lipinski definition) is 3. The Morgan fingerprint density at radius 2 is 1.77 bits per heavy atom. The van der Waals surface area contributed by atoms with Gasteiger partial charge in [0.1, 0.15) is 5.69 Å². The number of aromatic nitrogens is 2. The minimum Gasteiger partial charge on any atom is -0.465 e. The lowest BCUT2D eigenvalue weighted by Gasteiger charge is -2.33. The van der Waals surface area contributed by atoms with Crippen molar-refractivity contribution in [2.24, 2.45) is 10.9 Å². The predicted molar refractivity (Wildman–Crippen MR) is 194 cm³/mol. The Balaban J connectivity index is 1.31. The lowest BCUT2D eigenvalue weighted by atomic mass is 9.99. The van der Waals surface area contributed by atoms with Gasteiger partial charge in [-0.15, -0.1) is 11.3 Å². The van der Waals surface area contributed by atoms with Crippen LogP contribution in [0.25, 0.3) is 21.6 Å². The zero-order valence-corrected chi connectivity index (χ0v) is 30.7. The number of fused-ring (bicyclic) bond motifs is 2. The maximum atomic E-state index is 14.0. The van der Waals surface area contributed by atoms with Gasteiger partial charge in [-0.2, -0.15) is 0 Å². The van der Waals surface area contributed by atoms with Crippen molar-refractivity contribution in [3.8, 4) is 16.5 Å². The summed E-state index contributed by atoms with van der Waals surface area (Å²) in [6, 6.07) is 4.68. The van der Waals surface area contributed by atoms with E-state index < -0.39 is 63.2 Å². The molecule has 2 aromatic heterocycles. The van der Waals surface area contributed by atoms with E-state index in [0.717, 1.165) is 11.3 Å². The number of carbonyl (C=O) groups excluding carboxylic acids is 3. The number of rotatable bonds is 7. The van der Waals surface area contributed by atoms with Crippen molar-refractivity contribution in [3.63, 3.8) is 0 Å². The third-order valence-corrected chi connectivity index (χ3v) is 13.0. The lowest BCUT2D eigenvalue weighted by molar-refractivity contribution is -0.137. The summed E-state index contributed by atoms with van der Waals surface area (Å²) in [6.45, 7) is 0. The van der Waals surface area contributed by atoms with Gasteiger partial charge in [-0.25, -0.2) is 23.2 Å². The van der Waals surface area contributed by atoms with E-state index >= 15 is 0 Å². The second-order valence-electron chi connectivity index (χ2n) is 13.3. The number of ketones is 1. The molecular weight excluding hydrogens is 755 g/mol. The van der Waals surface area contributed by atoms with Gasteiger partial charge in [0.05, 0.1) is 49.2 Å². The first-order chi connectivity index (χ1) is 24.9. The van der Waals surface area contributed by atoms with Crippen molar-refractivity contribution in [2.75, 3.05) is 0 Å². The number of thiophene rings is 1. The summed E-state index contributed by atoms with van der Waals surface area (Å²) in [4.78, 5) is 69.1. The van der Waals surface area contributed by atoms with Crippen LogP contribution in [0.1, 0.15) is 64.2 Å². The summed E-state index contributed by atoms with van der Waals surface area (Å²) in [5.74, 6) is -2.91. The van der Waals surface area contributed by atoms with Gasteiger partial charge >= 0.3 is 6.09 Å². The monoisotopic (exact) mass is 788 g/mol. The van der Waals surface area contributed by atoms with Crippen molar-refractivity contribution in [1.82, 2.24) is 24.9 Å². The number of sulfonamides is 1. The molecule has 3 amide bonds. The number of amides is 3. The highest BCUT2D eigenvalue weighted by molar-refractivity contribution is 7.90. The first-order valence-electron chi connectivity index (χ1n) is 16.9. The van der Waals surface area contributed by atoms with Gasteiger partial charge in [0.2, 0.25) is 27.7 Å². The van der Waals surface area contributed by atoms with Crippen LogP contribution in [-0.4, -0.2) is 81.9 Å². The van der Waals surface area contributed by atoms with Gasteiger partial charge in [-0.05, 0) is 61.3 Å². The van der Waals surface area contributed by atoms with Crippen molar-refractivity contribution in [3.05, 3.63) is 51.0 Å². The fourth-order valence-corrected chi connectivity index (χ4v) is 8.96. The zero-order valence-electron chi connectivity index (χ0n) is 27.6. The van der Waals surface area contributed by atoms with Crippen LogP contribution < -0.4 is 14.8 Å². The number of Topliss-reactive ketones (excluding diaryl/α,β-unsaturated/α-hetero) is 1. The lowest BCUT2D eigenvalue weighted by Crippen LogP contribution is -2.50. The molecule has 4 atom stereocenters. The number of halogens is 2. The van der Waals surface area contributed by atoms with Gasteiger partial charge < -0.3 is 15.2 Å². The summed E-state index contributed by atoms with van der Waals surface area (Å²) in [5.41, 5.74) is 2.96. The molecule has 3 aromatic rings. The molecule has 3 N–H and O–H groups in total. The molecule has 0 radical (unpaired) electrons. The van der Waals surface area contributed by atoms with E-state index in [1.807, 2.05) is 17.5 Å². The Morgan fingerprint density at radius 1 is 1.02 bits per heavy atom. The third kappa shape index (κ3) is 7.94. The Kier molecular flexibility index (Phi) is 10.3. The maximum Gasteiger partial charge on any atom is 0.405 e. The molecule has 0 bridgehead atoms. The first kappa shape index (κ1) is 36.2. The molecule has 4 heterocycles. The minimum atomic E-state index is -3.93. The smallest absolute Gasteiger partial charge is 0.405 e. The van der Waals surface area contributed by atoms with Crippen LogP contribution in [-0.2, 0) is 24.4 Å². The fraction of sp³-hybridized carbons (Fsp3) is 0.441. The molecule has 14 nitrogen and oxygen atoms in total. The van der Waals surface area contributed by atoms with Gasteiger partial charge in [0.15, 0.2) is 12.0 Å². The van der Waals surface area contributed by atoms with E-state index in [1.165, 1.54) is 28.5 Å². The summed E-state index contributed by atoms with van der Waals surface area (Å²) in [6.07, 6.45) is 2.03. The second kappa shape index (κ2) is 14.7. The number of nitrogens with one attached hydrogen (secondary N) is 2. The fourth-order valence-electron chi connectivity index (χ4n) is 6.59. The van der Waals surface area contributed by atoms with Crippen LogP contribution in [0.2, 0.25) is 10.0 Å². The summed E-state index contributed by atoms with van der Waals surface area (Å²) in [5, 5.41) is 13.5. The highest BCUT2D eigenvalue weighted by Crippen LogP contribution is 2.39. The Labute approximate surface area is 312 Å². The molecule has 1 aromatic carbocycles. The second-order valence-corrected chi connectivity index (χ2v) is 17.0. The Morgan fingerprint density at radius 3 is 2.46 bits per heavy atom. The first-order valence-corrected chi connectivity index (χ1v) is 20.1. The number of carbonyl (C=O) groups is 4. The molecule has 1 saturated carbocycles. The van der Waals surface area contributed by atoms with Crippen molar-refractivity contribution < 1.29 is 37.4 Å². The van der Waals surface area contributed by atoms with E-state index in [0.29, 0.717) is 60.1 Å². The van der Waals surface area contributed by atoms with E-state index in [2.05, 4.69) is 15.0 Å². The predicted octanol–water partition coefficient (Wildman–Crippen LogP) is 5.48. The van der Waals surface area contributed by atoms with Gasteiger partial charge in [-0.1, -0.05) is 35.7 Å². The topological polar surface area (TPSA) is 197 Å². The molecule has 0 unspecified atom stereocenters. The molecule has 1 saturated heterocycles. The van der Waals surface area contributed by atoms with Gasteiger partial charge in [0.25, 0.3) is 0 Å². The SMILES string of the molecule is O=C(O)N[C@H]1CCCCC2=C(C2)N=C[C@@H]2[C@@H](C(=O)NS(=O)(=O)C3CC3)CC(=O)N2[C@H](Oc2nc3cc(Cl)c(Cl)cc3nc2-c2cccs2)CCC1=O. The number of benzene rings is 1. The van der Waals surface area contributed by atoms with Gasteiger partial charge in [0, 0.05) is 37.6 Å². The van der Waals surface area contributed by atoms with Crippen LogP contribution in [0.5, 0.6) is 5.88 Å². The quantitative estimate of drug-likeness (QED) is 0.276. The summed E-state index contributed by atoms with van der Waals surface area (Å²) < 4.78 is 34.4. The maximum absolute atomic E-state index is 14.0. The zero-order chi connectivity index (χ0) is 36.7. The number of nitrogens with zero attached hydrogens (tertiary/aromatic N) is 4. The van der Waals surface area contributed by atoms with E-state index in [1.54, 1.807) is 6.07 Å². The number of carboxylic acid groups (broad SMARTS) is 1. The van der Waals surface area contributed by atoms with E-state index in [4.69, 9.17) is 37.9 Å². The average molecular weight is 790 g/mol. The highest BCUT2D eigenvalue weighted by Gasteiger charge is 2.49. The number of hydrogen-bond acceptors (Lipinski definition) is 11. The van der Waals surface area contributed by atoms with E-state index in [9.17, 15) is 32.7 Å². The minimum absolute atomic E-state index is 0.00352. The molecule has 2 aliphatic carbocycles. The largest absolute Gasteiger partial charge is 0.465 e. The summed E-state index contributed by atoms with van der Waals surface area (Å²) >= 11 is 14.0. The van der Waals surface area contributed by atoms with Crippen molar-refractivity contribution in [2.45, 2.75) is 87.8 Å². The third-order valence-electron chi connectivity index (χ3n) is 9.54. The molecule has 2 fully saturated rings. The molecule has 52 heavy (non-hydrogen) atoms. The number of aliphatic imine (C=N–C) groups is 1. The molecule has 18 heteroatoms.